The summed E-state index contributed by atoms with van der Waals surface area (Å²) >= 11 is 8.61. The van der Waals surface area contributed by atoms with Crippen LogP contribution in [0.1, 0.15) is 27.3 Å². The van der Waals surface area contributed by atoms with Gasteiger partial charge in [0.25, 0.3) is 0 Å². The lowest BCUT2D eigenvalue weighted by Gasteiger charge is -2.15. The zero-order valence-electron chi connectivity index (χ0n) is 10.6. The van der Waals surface area contributed by atoms with Gasteiger partial charge in [0.15, 0.2) is 0 Å². The van der Waals surface area contributed by atoms with E-state index < -0.39 is 0 Å². The number of halogens is 2. The van der Waals surface area contributed by atoms with Crippen LogP contribution < -0.4 is 11.3 Å². The minimum atomic E-state index is -0.0626. The number of hydrogen-bond acceptors (Lipinski definition) is 5. The molecule has 0 bridgehead atoms. The third-order valence-corrected chi connectivity index (χ3v) is 4.98. The van der Waals surface area contributed by atoms with E-state index in [1.807, 2.05) is 13.0 Å². The predicted molar refractivity (Wildman–Crippen MR) is 85.0 cm³/mol. The maximum absolute atomic E-state index is 5.66. The number of hydrogen-bond donors (Lipinski definition) is 2. The molecule has 0 spiro atoms. The average molecular weight is 406 g/mol. The molecular formula is C12H14Br2N4S. The zero-order chi connectivity index (χ0) is 14.0. The topological polar surface area (TPSA) is 63.8 Å². The molecule has 0 fully saturated rings. The highest BCUT2D eigenvalue weighted by Gasteiger charge is 2.18. The molecule has 0 aromatic carbocycles. The maximum Gasteiger partial charge on any atom is 0.0950 e. The zero-order valence-corrected chi connectivity index (χ0v) is 14.6. The van der Waals surface area contributed by atoms with Crippen LogP contribution in [-0.4, -0.2) is 9.97 Å². The van der Waals surface area contributed by atoms with Gasteiger partial charge in [-0.25, -0.2) is 4.98 Å². The lowest BCUT2D eigenvalue weighted by atomic mass is 10.1. The van der Waals surface area contributed by atoms with Gasteiger partial charge in [-0.1, -0.05) is 0 Å². The second-order valence-corrected chi connectivity index (χ2v) is 7.25. The van der Waals surface area contributed by atoms with Crippen LogP contribution in [0.15, 0.2) is 21.2 Å². The first-order valence-corrected chi connectivity index (χ1v) is 8.11. The minimum Gasteiger partial charge on any atom is -0.271 e. The first-order valence-electron chi connectivity index (χ1n) is 5.71. The summed E-state index contributed by atoms with van der Waals surface area (Å²) in [5, 5.41) is 1.06. The van der Waals surface area contributed by atoms with Crippen molar-refractivity contribution in [3.05, 3.63) is 42.5 Å². The second-order valence-electron chi connectivity index (χ2n) is 4.19. The van der Waals surface area contributed by atoms with Crippen LogP contribution in [0, 0.1) is 13.8 Å². The molecule has 0 amide bonds. The Hall–Kier alpha value is -0.340. The highest BCUT2D eigenvalue weighted by atomic mass is 79.9. The second kappa shape index (κ2) is 6.41. The summed E-state index contributed by atoms with van der Waals surface area (Å²) in [6.07, 6.45) is 2.49. The van der Waals surface area contributed by atoms with Gasteiger partial charge in [-0.2, -0.15) is 0 Å². The Labute approximate surface area is 133 Å². The minimum absolute atomic E-state index is 0.0626. The first-order chi connectivity index (χ1) is 9.01. The van der Waals surface area contributed by atoms with E-state index in [1.54, 1.807) is 17.5 Å². The number of nitrogens with two attached hydrogens (primary N) is 1. The third kappa shape index (κ3) is 3.61. The van der Waals surface area contributed by atoms with Gasteiger partial charge in [0.2, 0.25) is 0 Å². The summed E-state index contributed by atoms with van der Waals surface area (Å²) in [6.45, 7) is 4.10. The number of aryl methyl sites for hydroxylation is 2. The number of nitrogens with one attached hydrogen (secondary N) is 1. The summed E-state index contributed by atoms with van der Waals surface area (Å²) in [5.74, 6) is 5.66. The van der Waals surface area contributed by atoms with Crippen molar-refractivity contribution in [2.75, 3.05) is 0 Å². The Morgan fingerprint density at radius 2 is 2.16 bits per heavy atom. The lowest BCUT2D eigenvalue weighted by molar-refractivity contribution is 0.534. The summed E-state index contributed by atoms with van der Waals surface area (Å²) in [4.78, 5) is 10.2. The Kier molecular flexibility index (Phi) is 5.08. The Bertz CT molecular complexity index is 566. The summed E-state index contributed by atoms with van der Waals surface area (Å²) in [7, 11) is 0. The fraction of sp³-hybridized carbons (Fsp3) is 0.333. The average Bonchev–Trinajstić information content (AvgIpc) is 2.66. The van der Waals surface area contributed by atoms with Gasteiger partial charge in [0, 0.05) is 26.4 Å². The smallest absolute Gasteiger partial charge is 0.0950 e. The lowest BCUT2D eigenvalue weighted by Crippen LogP contribution is -2.30. The molecule has 0 saturated heterocycles. The number of thiazole rings is 1. The number of hydrazine groups is 1. The van der Waals surface area contributed by atoms with Crippen molar-refractivity contribution in [1.82, 2.24) is 15.4 Å². The van der Waals surface area contributed by atoms with Crippen LogP contribution in [0.5, 0.6) is 0 Å². The SMILES string of the molecule is Cc1nc(CC(NN)c2ncc(Br)cc2Br)sc1C. The van der Waals surface area contributed by atoms with Crippen LogP contribution in [0.3, 0.4) is 0 Å². The van der Waals surface area contributed by atoms with E-state index in [0.717, 1.165) is 31.8 Å². The highest BCUT2D eigenvalue weighted by molar-refractivity contribution is 9.11. The van der Waals surface area contributed by atoms with Crippen molar-refractivity contribution in [1.29, 1.82) is 0 Å². The van der Waals surface area contributed by atoms with E-state index in [2.05, 4.69) is 54.2 Å². The van der Waals surface area contributed by atoms with Crippen LogP contribution in [0.4, 0.5) is 0 Å². The normalized spacial score (nSPS) is 12.7. The van der Waals surface area contributed by atoms with Crippen LogP contribution in [-0.2, 0) is 6.42 Å². The number of pyridine rings is 1. The predicted octanol–water partition coefficient (Wildman–Crippen LogP) is 3.43. The van der Waals surface area contributed by atoms with E-state index in [1.165, 1.54) is 4.88 Å². The molecule has 1 atom stereocenters. The molecule has 2 aromatic heterocycles. The van der Waals surface area contributed by atoms with Crippen molar-refractivity contribution in [3.8, 4) is 0 Å². The van der Waals surface area contributed by atoms with Crippen LogP contribution in [0.25, 0.3) is 0 Å². The van der Waals surface area contributed by atoms with E-state index in [9.17, 15) is 0 Å². The molecule has 3 N–H and O–H groups in total. The monoisotopic (exact) mass is 404 g/mol. The molecule has 102 valence electrons. The fourth-order valence-electron chi connectivity index (χ4n) is 1.72. The number of aromatic nitrogens is 2. The molecule has 0 aliphatic rings. The molecule has 2 heterocycles. The Morgan fingerprint density at radius 1 is 1.42 bits per heavy atom. The van der Waals surface area contributed by atoms with E-state index >= 15 is 0 Å². The molecule has 2 aromatic rings. The molecular weight excluding hydrogens is 392 g/mol. The third-order valence-electron chi connectivity index (χ3n) is 2.82. The van der Waals surface area contributed by atoms with Crippen molar-refractivity contribution < 1.29 is 0 Å². The molecule has 4 nitrogen and oxygen atoms in total. The Balaban J connectivity index is 2.24. The van der Waals surface area contributed by atoms with Gasteiger partial charge in [-0.05, 0) is 51.8 Å². The molecule has 2 rings (SSSR count). The van der Waals surface area contributed by atoms with Gasteiger partial charge in [-0.15, -0.1) is 11.3 Å². The van der Waals surface area contributed by atoms with E-state index in [0.29, 0.717) is 0 Å². The van der Waals surface area contributed by atoms with Gasteiger partial charge < -0.3 is 0 Å². The van der Waals surface area contributed by atoms with Crippen molar-refractivity contribution in [2.24, 2.45) is 5.84 Å². The molecule has 7 heteroatoms. The van der Waals surface area contributed by atoms with E-state index in [4.69, 9.17) is 5.84 Å². The first kappa shape index (κ1) is 15.1. The van der Waals surface area contributed by atoms with Crippen LogP contribution >= 0.6 is 43.2 Å². The van der Waals surface area contributed by atoms with Gasteiger partial charge in [0.1, 0.15) is 0 Å². The number of nitrogens with zero attached hydrogens (tertiary/aromatic N) is 2. The van der Waals surface area contributed by atoms with E-state index in [-0.39, 0.29) is 6.04 Å². The van der Waals surface area contributed by atoms with Crippen molar-refractivity contribution >= 4 is 43.2 Å². The standard InChI is InChI=1S/C12H14Br2N4S/c1-6-7(2)19-11(17-6)4-10(18-15)12-9(14)3-8(13)5-16-12/h3,5,10,18H,4,15H2,1-2H3. The summed E-state index contributed by atoms with van der Waals surface area (Å²) in [5.41, 5.74) is 4.78. The van der Waals surface area contributed by atoms with Gasteiger partial charge in [0.05, 0.1) is 22.4 Å². The van der Waals surface area contributed by atoms with Gasteiger partial charge >= 0.3 is 0 Å². The quantitative estimate of drug-likeness (QED) is 0.604. The largest absolute Gasteiger partial charge is 0.271 e. The molecule has 0 saturated carbocycles. The molecule has 0 radical (unpaired) electrons. The van der Waals surface area contributed by atoms with Crippen molar-refractivity contribution in [3.63, 3.8) is 0 Å². The summed E-state index contributed by atoms with van der Waals surface area (Å²) in [6, 6.07) is 1.90. The Morgan fingerprint density at radius 3 is 2.68 bits per heavy atom. The molecule has 19 heavy (non-hydrogen) atoms. The maximum atomic E-state index is 5.66. The summed E-state index contributed by atoms with van der Waals surface area (Å²) < 4.78 is 1.86. The van der Waals surface area contributed by atoms with Crippen LogP contribution in [0.2, 0.25) is 0 Å². The fourth-order valence-corrected chi connectivity index (χ4v) is 3.96. The molecule has 0 aliphatic heterocycles. The van der Waals surface area contributed by atoms with Gasteiger partial charge in [-0.3, -0.25) is 16.3 Å². The number of rotatable bonds is 4. The highest BCUT2D eigenvalue weighted by Crippen LogP contribution is 2.28. The molecule has 0 aliphatic carbocycles. The van der Waals surface area contributed by atoms with Crippen molar-refractivity contribution in [2.45, 2.75) is 26.3 Å². The molecule has 1 unspecified atom stereocenters.